The van der Waals surface area contributed by atoms with Crippen molar-refractivity contribution in [1.82, 2.24) is 0 Å². The van der Waals surface area contributed by atoms with Gasteiger partial charge in [-0.1, -0.05) is 40.2 Å². The smallest absolute Gasteiger partial charge is 0.273 e. The van der Waals surface area contributed by atoms with Gasteiger partial charge in [0, 0.05) is 27.2 Å². The highest BCUT2D eigenvalue weighted by Crippen LogP contribution is 2.25. The predicted octanol–water partition coefficient (Wildman–Crippen LogP) is 5.82. The number of nitro benzene ring substituents is 1. The van der Waals surface area contributed by atoms with E-state index in [1.807, 2.05) is 30.3 Å². The maximum absolute atomic E-state index is 12.3. The van der Waals surface area contributed by atoms with Crippen molar-refractivity contribution in [3.05, 3.63) is 92.1 Å². The minimum Gasteiger partial charge on any atom is -0.457 e. The van der Waals surface area contributed by atoms with E-state index in [0.717, 1.165) is 10.0 Å². The monoisotopic (exact) mass is 411 g/mol. The number of allylic oxidation sites excluding steroid dienone is 1. The minimum atomic E-state index is -0.493. The number of rotatable bonds is 5. The molecule has 0 unspecified atom stereocenters. The van der Waals surface area contributed by atoms with Crippen LogP contribution in [0.1, 0.15) is 21.7 Å². The van der Waals surface area contributed by atoms with Gasteiger partial charge in [0.1, 0.15) is 11.5 Å². The SMILES string of the molecule is Cc1ccc(C(=O)/C=C/c2ccc(-c3ccc(Br)cc3)o2)cc1[N+](=O)[O-]. The van der Waals surface area contributed by atoms with E-state index in [-0.39, 0.29) is 17.0 Å². The molecule has 1 aromatic heterocycles. The van der Waals surface area contributed by atoms with E-state index in [1.54, 1.807) is 31.2 Å². The Bertz CT molecular complexity index is 1000. The summed E-state index contributed by atoms with van der Waals surface area (Å²) in [6.45, 7) is 1.63. The van der Waals surface area contributed by atoms with Crippen LogP contribution in [0, 0.1) is 17.0 Å². The average molecular weight is 412 g/mol. The third-order valence-corrected chi connectivity index (χ3v) is 4.37. The second-order valence-corrected chi connectivity index (χ2v) is 6.58. The maximum atomic E-state index is 12.3. The van der Waals surface area contributed by atoms with Crippen molar-refractivity contribution in [2.75, 3.05) is 0 Å². The average Bonchev–Trinajstić information content (AvgIpc) is 3.09. The molecule has 6 heteroatoms. The van der Waals surface area contributed by atoms with Crippen molar-refractivity contribution in [2.45, 2.75) is 6.92 Å². The van der Waals surface area contributed by atoms with Crippen LogP contribution in [0.25, 0.3) is 17.4 Å². The van der Waals surface area contributed by atoms with Gasteiger partial charge in [0.05, 0.1) is 4.92 Å². The van der Waals surface area contributed by atoms with Crippen LogP contribution in [-0.2, 0) is 0 Å². The Hall–Kier alpha value is -2.99. The van der Waals surface area contributed by atoms with Gasteiger partial charge in [0.15, 0.2) is 5.78 Å². The van der Waals surface area contributed by atoms with Crippen molar-refractivity contribution in [3.63, 3.8) is 0 Å². The third-order valence-electron chi connectivity index (χ3n) is 3.84. The summed E-state index contributed by atoms with van der Waals surface area (Å²) in [6.07, 6.45) is 2.90. The molecule has 0 fully saturated rings. The standard InChI is InChI=1S/C20H14BrNO4/c1-13-2-3-15(12-18(13)22(24)25)19(23)10-8-17-9-11-20(26-17)14-4-6-16(21)7-5-14/h2-12H,1H3/b10-8+. The van der Waals surface area contributed by atoms with Crippen LogP contribution in [0.2, 0.25) is 0 Å². The van der Waals surface area contributed by atoms with E-state index in [4.69, 9.17) is 4.42 Å². The lowest BCUT2D eigenvalue weighted by molar-refractivity contribution is -0.385. The Labute approximate surface area is 158 Å². The number of ketones is 1. The summed E-state index contributed by atoms with van der Waals surface area (Å²) in [5, 5.41) is 11.0. The lowest BCUT2D eigenvalue weighted by Gasteiger charge is -1.99. The Kier molecular flexibility index (Phi) is 5.14. The lowest BCUT2D eigenvalue weighted by Crippen LogP contribution is -1.98. The second kappa shape index (κ2) is 7.49. The number of carbonyl (C=O) groups is 1. The van der Waals surface area contributed by atoms with Crippen molar-refractivity contribution in [2.24, 2.45) is 0 Å². The lowest BCUT2D eigenvalue weighted by atomic mass is 10.1. The van der Waals surface area contributed by atoms with Gasteiger partial charge in [-0.25, -0.2) is 0 Å². The molecular formula is C20H14BrNO4. The van der Waals surface area contributed by atoms with Crippen LogP contribution in [0.4, 0.5) is 5.69 Å². The molecule has 26 heavy (non-hydrogen) atoms. The first-order valence-electron chi connectivity index (χ1n) is 7.77. The quantitative estimate of drug-likeness (QED) is 0.229. The molecule has 3 aromatic rings. The Morgan fingerprint density at radius 2 is 1.85 bits per heavy atom. The zero-order chi connectivity index (χ0) is 18.7. The van der Waals surface area contributed by atoms with Gasteiger partial charge in [-0.15, -0.1) is 0 Å². The number of nitro groups is 1. The molecule has 0 aliphatic carbocycles. The molecule has 0 bridgehead atoms. The molecule has 0 atom stereocenters. The zero-order valence-corrected chi connectivity index (χ0v) is 15.4. The van der Waals surface area contributed by atoms with Gasteiger partial charge < -0.3 is 4.42 Å². The predicted molar refractivity (Wildman–Crippen MR) is 103 cm³/mol. The van der Waals surface area contributed by atoms with E-state index in [2.05, 4.69) is 15.9 Å². The number of furan rings is 1. The number of aryl methyl sites for hydroxylation is 1. The van der Waals surface area contributed by atoms with E-state index in [9.17, 15) is 14.9 Å². The van der Waals surface area contributed by atoms with Gasteiger partial charge in [-0.05, 0) is 43.3 Å². The number of benzene rings is 2. The molecule has 3 rings (SSSR count). The number of nitrogens with zero attached hydrogens (tertiary/aromatic N) is 1. The Morgan fingerprint density at radius 3 is 2.54 bits per heavy atom. The summed E-state index contributed by atoms with van der Waals surface area (Å²) in [7, 11) is 0. The van der Waals surface area contributed by atoms with E-state index >= 15 is 0 Å². The summed E-state index contributed by atoms with van der Waals surface area (Å²) in [6, 6.07) is 15.7. The highest BCUT2D eigenvalue weighted by molar-refractivity contribution is 9.10. The summed E-state index contributed by atoms with van der Waals surface area (Å²) in [4.78, 5) is 22.8. The fourth-order valence-corrected chi connectivity index (χ4v) is 2.69. The van der Waals surface area contributed by atoms with Crippen molar-refractivity contribution >= 4 is 33.5 Å². The van der Waals surface area contributed by atoms with Crippen LogP contribution in [-0.4, -0.2) is 10.7 Å². The first-order chi connectivity index (χ1) is 12.4. The fraction of sp³-hybridized carbons (Fsp3) is 0.0500. The zero-order valence-electron chi connectivity index (χ0n) is 13.8. The van der Waals surface area contributed by atoms with Gasteiger partial charge >= 0.3 is 0 Å². The number of halogens is 1. The van der Waals surface area contributed by atoms with Crippen LogP contribution >= 0.6 is 15.9 Å². The van der Waals surface area contributed by atoms with Crippen LogP contribution in [0.3, 0.4) is 0 Å². The number of hydrogen-bond donors (Lipinski definition) is 0. The molecular weight excluding hydrogens is 398 g/mol. The third kappa shape index (κ3) is 3.97. The van der Waals surface area contributed by atoms with E-state index < -0.39 is 4.92 Å². The highest BCUT2D eigenvalue weighted by atomic mass is 79.9. The summed E-state index contributed by atoms with van der Waals surface area (Å²) < 4.78 is 6.69. The summed E-state index contributed by atoms with van der Waals surface area (Å²) in [5.74, 6) is 0.892. The maximum Gasteiger partial charge on any atom is 0.273 e. The van der Waals surface area contributed by atoms with Crippen molar-refractivity contribution in [3.8, 4) is 11.3 Å². The molecule has 2 aromatic carbocycles. The second-order valence-electron chi connectivity index (χ2n) is 5.66. The Morgan fingerprint density at radius 1 is 1.12 bits per heavy atom. The van der Waals surface area contributed by atoms with Crippen LogP contribution in [0.15, 0.2) is 69.6 Å². The van der Waals surface area contributed by atoms with E-state index in [0.29, 0.717) is 17.1 Å². The molecule has 130 valence electrons. The molecule has 0 aliphatic rings. The van der Waals surface area contributed by atoms with E-state index in [1.165, 1.54) is 12.1 Å². The summed E-state index contributed by atoms with van der Waals surface area (Å²) >= 11 is 3.38. The van der Waals surface area contributed by atoms with Gasteiger partial charge in [0.25, 0.3) is 5.69 Å². The molecule has 0 spiro atoms. The molecule has 5 nitrogen and oxygen atoms in total. The molecule has 0 amide bonds. The van der Waals surface area contributed by atoms with Crippen LogP contribution in [0.5, 0.6) is 0 Å². The first-order valence-corrected chi connectivity index (χ1v) is 8.56. The Balaban J connectivity index is 1.78. The first kappa shape index (κ1) is 17.8. The fourth-order valence-electron chi connectivity index (χ4n) is 2.43. The molecule has 0 N–H and O–H groups in total. The highest BCUT2D eigenvalue weighted by Gasteiger charge is 2.13. The van der Waals surface area contributed by atoms with Crippen LogP contribution < -0.4 is 0 Å². The van der Waals surface area contributed by atoms with Crippen molar-refractivity contribution in [1.29, 1.82) is 0 Å². The minimum absolute atomic E-state index is 0.0697. The normalized spacial score (nSPS) is 11.0. The summed E-state index contributed by atoms with van der Waals surface area (Å²) in [5.41, 5.74) is 1.63. The molecule has 0 saturated heterocycles. The molecule has 0 aliphatic heterocycles. The topological polar surface area (TPSA) is 73.3 Å². The van der Waals surface area contributed by atoms with Gasteiger partial charge in [0.2, 0.25) is 0 Å². The molecule has 1 heterocycles. The number of carbonyl (C=O) groups excluding carboxylic acids is 1. The largest absolute Gasteiger partial charge is 0.457 e. The van der Waals surface area contributed by atoms with Gasteiger partial charge in [-0.2, -0.15) is 0 Å². The van der Waals surface area contributed by atoms with Crippen molar-refractivity contribution < 1.29 is 14.1 Å². The molecule has 0 saturated carbocycles. The van der Waals surface area contributed by atoms with Gasteiger partial charge in [-0.3, -0.25) is 14.9 Å². The molecule has 0 radical (unpaired) electrons. The number of hydrogen-bond acceptors (Lipinski definition) is 4.